The first kappa shape index (κ1) is 29.9. The quantitative estimate of drug-likeness (QED) is 0.272. The van der Waals surface area contributed by atoms with E-state index in [-0.39, 0.29) is 0 Å². The van der Waals surface area contributed by atoms with Gasteiger partial charge < -0.3 is 0 Å². The van der Waals surface area contributed by atoms with Crippen molar-refractivity contribution in [3.8, 4) is 0 Å². The molecule has 4 rings (SSSR count). The number of allylic oxidation sites excluding steroid dienone is 2. The summed E-state index contributed by atoms with van der Waals surface area (Å²) in [7, 11) is 0. The van der Waals surface area contributed by atoms with Crippen molar-refractivity contribution in [2.75, 3.05) is 0 Å². The Hall–Kier alpha value is -1.12. The fourth-order valence-corrected chi connectivity index (χ4v) is 33.3. The molecule has 0 aliphatic heterocycles. The maximum atomic E-state index is 18.7. The Labute approximate surface area is 234 Å². The van der Waals surface area contributed by atoms with Gasteiger partial charge in [-0.3, -0.25) is 0 Å². The first-order valence-electron chi connectivity index (χ1n) is 14.8. The Balaban J connectivity index is 2.06. The molecule has 2 aliphatic carbocycles. The molecule has 0 amide bonds. The van der Waals surface area contributed by atoms with Crippen molar-refractivity contribution in [2.45, 2.75) is 113 Å². The number of rotatable bonds is 7. The number of benzene rings is 2. The van der Waals surface area contributed by atoms with Crippen LogP contribution >= 0.6 is 0 Å². The fraction of sp³-hybridized carbons (Fsp3) is 0.529. The summed E-state index contributed by atoms with van der Waals surface area (Å²) < 4.78 is 36.1. The minimum absolute atomic E-state index is 0.303. The molecule has 207 valence electrons. The van der Waals surface area contributed by atoms with Gasteiger partial charge in [0.2, 0.25) is 0 Å². The van der Waals surface area contributed by atoms with E-state index >= 15 is 5.25 Å². The Morgan fingerprint density at radius 2 is 0.947 bits per heavy atom. The normalized spacial score (nSPS) is 20.3. The summed E-state index contributed by atoms with van der Waals surface area (Å²) in [5, 5.41) is 0. The van der Waals surface area contributed by atoms with Crippen molar-refractivity contribution in [3.63, 3.8) is 0 Å². The Bertz CT molecular complexity index is 1230. The molecule has 2 atom stereocenters. The van der Waals surface area contributed by atoms with Crippen molar-refractivity contribution in [2.24, 2.45) is 0 Å². The zero-order valence-electron chi connectivity index (χ0n) is 25.8. The van der Waals surface area contributed by atoms with Crippen LogP contribution in [0.1, 0.15) is 145 Å². The molecule has 2 unspecified atom stereocenters. The van der Waals surface area contributed by atoms with E-state index in [1.807, 2.05) is 26.9 Å². The molecular weight excluding hydrogens is 566 g/mol. The summed E-state index contributed by atoms with van der Waals surface area (Å²) in [6.07, 6.45) is 4.28. The second kappa shape index (κ2) is 10.1. The summed E-state index contributed by atoms with van der Waals surface area (Å²) >= 11 is -6.58. The molecule has 0 nitrogen and oxygen atoms in total. The second-order valence-electron chi connectivity index (χ2n) is 13.9. The molecule has 0 spiro atoms. The molecule has 0 aromatic heterocycles. The van der Waals surface area contributed by atoms with Gasteiger partial charge in [0.25, 0.3) is 0 Å². The van der Waals surface area contributed by atoms with Crippen LogP contribution in [0.4, 0.5) is 5.25 Å². The van der Waals surface area contributed by atoms with E-state index in [1.165, 1.54) is 22.3 Å². The number of hydrogen-bond donors (Lipinski definition) is 0. The molecule has 0 fully saturated rings. The van der Waals surface area contributed by atoms with Crippen molar-refractivity contribution in [1.82, 2.24) is 0 Å². The molecule has 0 radical (unpaired) electrons. The average Bonchev–Trinajstić information content (AvgIpc) is 3.33. The third kappa shape index (κ3) is 4.45. The minimum atomic E-state index is -6.58. The third-order valence-corrected chi connectivity index (χ3v) is 41.2. The van der Waals surface area contributed by atoms with Gasteiger partial charge in [-0.25, -0.2) is 0 Å². The summed E-state index contributed by atoms with van der Waals surface area (Å²) in [5.41, 5.74) is 10.8. The Kier molecular flexibility index (Phi) is 7.90. The fourth-order valence-electron chi connectivity index (χ4n) is 7.29. The third-order valence-electron chi connectivity index (χ3n) is 9.59. The molecule has 2 aromatic rings. The first-order valence-corrected chi connectivity index (χ1v) is 26.6. The zero-order chi connectivity index (χ0) is 28.5. The summed E-state index contributed by atoms with van der Waals surface area (Å²) in [4.78, 5) is 0. The predicted octanol–water partition coefficient (Wildman–Crippen LogP) is 11.2. The van der Waals surface area contributed by atoms with Gasteiger partial charge in [-0.15, -0.1) is 0 Å². The van der Waals surface area contributed by atoms with Gasteiger partial charge in [0.15, 0.2) is 0 Å². The Morgan fingerprint density at radius 3 is 1.21 bits per heavy atom. The monoisotopic (exact) mass is 613 g/mol. The van der Waals surface area contributed by atoms with Crippen molar-refractivity contribution in [1.29, 1.82) is 0 Å². The first-order chi connectivity index (χ1) is 17.5. The average molecular weight is 615 g/mol. The van der Waals surface area contributed by atoms with Crippen LogP contribution in [0.5, 0.6) is 0 Å². The molecule has 0 bridgehead atoms. The topological polar surface area (TPSA) is 0 Å². The maximum absolute atomic E-state index is 18.7. The molecule has 0 saturated heterocycles. The van der Waals surface area contributed by atoms with E-state index in [0.717, 1.165) is 33.4 Å². The molecule has 0 saturated carbocycles. The molecule has 4 heteroatoms. The van der Waals surface area contributed by atoms with Gasteiger partial charge in [0, 0.05) is 0 Å². The second-order valence-corrected chi connectivity index (χ2v) is 40.1. The van der Waals surface area contributed by atoms with E-state index in [2.05, 4.69) is 91.8 Å². The molecule has 2 aromatic carbocycles. The van der Waals surface area contributed by atoms with Crippen LogP contribution in [0.3, 0.4) is 0 Å². The number of fused-ring (bicyclic) bond motifs is 2. The van der Waals surface area contributed by atoms with Gasteiger partial charge in [-0.1, -0.05) is 0 Å². The van der Waals surface area contributed by atoms with E-state index in [1.54, 1.807) is 0 Å². The summed E-state index contributed by atoms with van der Waals surface area (Å²) in [5.74, 6) is -1.15. The van der Waals surface area contributed by atoms with Gasteiger partial charge in [0.05, 0.1) is 0 Å². The van der Waals surface area contributed by atoms with Crippen LogP contribution in [0.2, 0.25) is 13.1 Å². The van der Waals surface area contributed by atoms with E-state index in [4.69, 9.17) is 0 Å². The van der Waals surface area contributed by atoms with Gasteiger partial charge in [0.1, 0.15) is 0 Å². The van der Waals surface area contributed by atoms with E-state index < -0.39 is 32.3 Å². The molecule has 38 heavy (non-hydrogen) atoms. The van der Waals surface area contributed by atoms with Crippen LogP contribution in [-0.4, -0.2) is 5.92 Å². The van der Waals surface area contributed by atoms with Gasteiger partial charge >= 0.3 is 236 Å². The van der Waals surface area contributed by atoms with E-state index in [0.29, 0.717) is 23.7 Å². The van der Waals surface area contributed by atoms with Crippen LogP contribution in [0, 0.1) is 0 Å². The Morgan fingerprint density at radius 1 is 0.605 bits per heavy atom. The van der Waals surface area contributed by atoms with Gasteiger partial charge in [-0.2, -0.15) is 0 Å². The molecule has 0 heterocycles. The number of halogens is 2. The number of hydrogen-bond acceptors (Lipinski definition) is 0. The summed E-state index contributed by atoms with van der Waals surface area (Å²) in [6.45, 7) is 25.5. The standard InChI is InChI=1S/2C16H21.C2H7Si.2FH.Zr/c2*1-10(2)13-8-14-6-12(5)7-16(14)15(9-13)11(3)4;1-3-2;;;/h2*6-11H,1-5H3;3H,1-2H3;2*1H;/q;;;;;+2/p-2. The molecule has 2 aliphatic rings. The van der Waals surface area contributed by atoms with Crippen molar-refractivity contribution < 1.29 is 24.4 Å². The summed E-state index contributed by atoms with van der Waals surface area (Å²) in [6, 6.07) is 8.91. The van der Waals surface area contributed by atoms with Crippen molar-refractivity contribution >= 4 is 18.1 Å². The predicted molar refractivity (Wildman–Crippen MR) is 163 cm³/mol. The van der Waals surface area contributed by atoms with Crippen molar-refractivity contribution in [3.05, 3.63) is 79.9 Å². The van der Waals surface area contributed by atoms with E-state index in [9.17, 15) is 0 Å². The van der Waals surface area contributed by atoms with Crippen LogP contribution in [-0.2, 0) is 19.2 Å². The van der Waals surface area contributed by atoms with Gasteiger partial charge in [-0.05, 0) is 0 Å². The zero-order valence-corrected chi connectivity index (χ0v) is 29.4. The molecular formula is C34H49F2SiZr. The van der Waals surface area contributed by atoms with Crippen LogP contribution in [0.25, 0.3) is 12.2 Å². The van der Waals surface area contributed by atoms with Crippen LogP contribution < -0.4 is 0 Å². The molecule has 0 N–H and O–H groups in total. The SMILES string of the molecule is CC1=Cc2c(C(C)C)cc(C(C)C)cc2[CH]1[Zr]([F])([F])([CH]1C(C)=Cc2c(C(C)C)cc(C(C)C)cc21)[SiH](C)C. The van der Waals surface area contributed by atoms with Crippen LogP contribution in [0.15, 0.2) is 35.4 Å².